The Bertz CT molecular complexity index is 128. The third-order valence-corrected chi connectivity index (χ3v) is 2.25. The number of hydrogen-bond acceptors (Lipinski definition) is 3. The maximum Gasteiger partial charge on any atom is 0.147 e. The number of nitrogens with one attached hydrogen (secondary N) is 1. The van der Waals surface area contributed by atoms with E-state index in [2.05, 4.69) is 0 Å². The Kier molecular flexibility index (Phi) is 2.46. The molecular formula is C6H15N2O3+. The third kappa shape index (κ3) is 2.39. The number of nitrogens with zero attached hydrogens (tertiary/aromatic N) is 1. The van der Waals surface area contributed by atoms with Gasteiger partial charge in [0.1, 0.15) is 13.1 Å². The molecule has 5 heteroatoms. The van der Waals surface area contributed by atoms with E-state index < -0.39 is 4.81 Å². The number of piperidine rings is 1. The van der Waals surface area contributed by atoms with E-state index in [1.807, 2.05) is 0 Å². The highest BCUT2D eigenvalue weighted by Gasteiger charge is 2.33. The molecule has 0 aromatic carbocycles. The molecular weight excluding hydrogens is 148 g/mol. The summed E-state index contributed by atoms with van der Waals surface area (Å²) in [7, 11) is 1.55. The van der Waals surface area contributed by atoms with Crippen molar-refractivity contribution in [3.8, 4) is 0 Å². The Balaban J connectivity index is 2.36. The molecule has 1 heterocycles. The van der Waals surface area contributed by atoms with Crippen molar-refractivity contribution in [1.82, 2.24) is 0 Å². The highest BCUT2D eigenvalue weighted by atomic mass is 16.8. The molecule has 1 rings (SSSR count). The first-order valence-corrected chi connectivity index (χ1v) is 3.84. The Labute approximate surface area is 65.5 Å². The molecule has 5 nitrogen and oxygen atoms in total. The normalized spacial score (nSPS) is 28.4. The van der Waals surface area contributed by atoms with Crippen LogP contribution in [0.25, 0.3) is 0 Å². The molecule has 66 valence electrons. The zero-order valence-corrected chi connectivity index (χ0v) is 6.66. The molecule has 0 aliphatic carbocycles. The molecule has 0 amide bonds. The summed E-state index contributed by atoms with van der Waals surface area (Å²) >= 11 is 0. The van der Waals surface area contributed by atoms with Crippen LogP contribution in [-0.4, -0.2) is 41.4 Å². The van der Waals surface area contributed by atoms with E-state index >= 15 is 0 Å². The maximum atomic E-state index is 10.8. The number of rotatable bonds is 1. The summed E-state index contributed by atoms with van der Waals surface area (Å²) in [6.07, 6.45) is 1.17. The molecule has 11 heavy (non-hydrogen) atoms. The lowest BCUT2D eigenvalue weighted by Gasteiger charge is -2.34. The fraction of sp³-hybridized carbons (Fsp3) is 1.00. The summed E-state index contributed by atoms with van der Waals surface area (Å²) in [5, 5.41) is 29.1. The average Bonchev–Trinajstić information content (AvgIpc) is 1.86. The summed E-state index contributed by atoms with van der Waals surface area (Å²) in [5.41, 5.74) is 0. The van der Waals surface area contributed by atoms with E-state index in [0.29, 0.717) is 12.8 Å². The molecule has 0 aromatic rings. The van der Waals surface area contributed by atoms with Gasteiger partial charge in [-0.1, -0.05) is 0 Å². The third-order valence-electron chi connectivity index (χ3n) is 2.25. The van der Waals surface area contributed by atoms with E-state index in [1.54, 1.807) is 7.05 Å². The zero-order valence-electron chi connectivity index (χ0n) is 6.66. The molecule has 1 unspecified atom stereocenters. The first-order chi connectivity index (χ1) is 5.01. The second-order valence-electron chi connectivity index (χ2n) is 3.21. The topological polar surface area (TPSA) is 68.0 Å². The molecule has 1 fully saturated rings. The van der Waals surface area contributed by atoms with Crippen LogP contribution in [0.15, 0.2) is 0 Å². The van der Waals surface area contributed by atoms with E-state index in [9.17, 15) is 5.21 Å². The smallest absolute Gasteiger partial charge is 0.147 e. The quantitative estimate of drug-likeness (QED) is 0.334. The van der Waals surface area contributed by atoms with Crippen molar-refractivity contribution in [2.75, 3.05) is 20.1 Å². The molecule has 1 saturated heterocycles. The van der Waals surface area contributed by atoms with Gasteiger partial charge in [-0.2, -0.15) is 10.4 Å². The van der Waals surface area contributed by atoms with Crippen LogP contribution in [0.5, 0.6) is 0 Å². The standard InChI is InChI=1S/C6H15N2O3/c1-7(9)6-2-4-8(10,11)5-3-6/h6-7,10-11H,2-5H2,1H3/q+1. The fourth-order valence-electron chi connectivity index (χ4n) is 1.39. The minimum atomic E-state index is -0.913. The van der Waals surface area contributed by atoms with Gasteiger partial charge in [-0.15, -0.1) is 0 Å². The fourth-order valence-corrected chi connectivity index (χ4v) is 1.39. The minimum absolute atomic E-state index is 0.0422. The molecule has 0 spiro atoms. The van der Waals surface area contributed by atoms with Gasteiger partial charge in [0.25, 0.3) is 0 Å². The highest BCUT2D eigenvalue weighted by Crippen LogP contribution is 2.11. The van der Waals surface area contributed by atoms with Crippen molar-refractivity contribution in [1.29, 1.82) is 0 Å². The van der Waals surface area contributed by atoms with Gasteiger partial charge in [-0.25, -0.2) is 0 Å². The van der Waals surface area contributed by atoms with Gasteiger partial charge in [-0.3, -0.25) is 0 Å². The number of hydroxylamine groups is 6. The van der Waals surface area contributed by atoms with Crippen LogP contribution in [-0.2, 0) is 0 Å². The van der Waals surface area contributed by atoms with Gasteiger partial charge in [0.15, 0.2) is 0 Å². The van der Waals surface area contributed by atoms with Crippen LogP contribution in [0.4, 0.5) is 0 Å². The van der Waals surface area contributed by atoms with Crippen molar-refractivity contribution in [2.45, 2.75) is 18.9 Å². The monoisotopic (exact) mass is 163 g/mol. The van der Waals surface area contributed by atoms with Crippen molar-refractivity contribution in [2.24, 2.45) is 0 Å². The molecule has 0 aromatic heterocycles. The Hall–Kier alpha value is -0.200. The van der Waals surface area contributed by atoms with E-state index in [0.717, 1.165) is 0 Å². The first-order valence-electron chi connectivity index (χ1n) is 3.84. The summed E-state index contributed by atoms with van der Waals surface area (Å²) in [5.74, 6) is 0. The minimum Gasteiger partial charge on any atom is -0.634 e. The van der Waals surface area contributed by atoms with Crippen LogP contribution in [0, 0.1) is 5.21 Å². The molecule has 0 saturated carbocycles. The average molecular weight is 163 g/mol. The molecule has 0 bridgehead atoms. The Morgan fingerprint density at radius 2 is 1.82 bits per heavy atom. The Morgan fingerprint density at radius 3 is 2.18 bits per heavy atom. The second kappa shape index (κ2) is 3.04. The molecule has 3 N–H and O–H groups in total. The zero-order chi connectivity index (χ0) is 8.48. The van der Waals surface area contributed by atoms with E-state index in [-0.39, 0.29) is 24.2 Å². The summed E-state index contributed by atoms with van der Waals surface area (Å²) in [6, 6.07) is 0.0422. The number of hydrogen-bond donors (Lipinski definition) is 3. The predicted molar refractivity (Wildman–Crippen MR) is 36.8 cm³/mol. The van der Waals surface area contributed by atoms with Crippen LogP contribution in [0.3, 0.4) is 0 Å². The largest absolute Gasteiger partial charge is 0.634 e. The lowest BCUT2D eigenvalue weighted by molar-refractivity contribution is -1.25. The summed E-state index contributed by atoms with van der Waals surface area (Å²) in [6.45, 7) is 0.536. The second-order valence-corrected chi connectivity index (χ2v) is 3.21. The highest BCUT2D eigenvalue weighted by molar-refractivity contribution is 4.58. The SMILES string of the molecule is C[NH+]([O-])C1CC[N+](O)(O)CC1. The van der Waals surface area contributed by atoms with Crippen LogP contribution in [0.1, 0.15) is 12.8 Å². The lowest BCUT2D eigenvalue weighted by Crippen LogP contribution is -3.08. The van der Waals surface area contributed by atoms with E-state index in [1.165, 1.54) is 0 Å². The molecule has 1 aliphatic heterocycles. The van der Waals surface area contributed by atoms with Crippen molar-refractivity contribution in [3.63, 3.8) is 0 Å². The van der Waals surface area contributed by atoms with Crippen LogP contribution >= 0.6 is 0 Å². The summed E-state index contributed by atoms with van der Waals surface area (Å²) in [4.78, 5) is -0.913. The van der Waals surface area contributed by atoms with Gasteiger partial charge in [0.2, 0.25) is 0 Å². The van der Waals surface area contributed by atoms with Crippen LogP contribution in [0.2, 0.25) is 0 Å². The predicted octanol–water partition coefficient (Wildman–Crippen LogP) is -1.24. The van der Waals surface area contributed by atoms with Gasteiger partial charge in [0, 0.05) is 0 Å². The summed E-state index contributed by atoms with van der Waals surface area (Å²) < 4.78 is 0. The molecule has 1 atom stereocenters. The van der Waals surface area contributed by atoms with Gasteiger partial charge in [0.05, 0.1) is 25.9 Å². The maximum absolute atomic E-state index is 10.8. The van der Waals surface area contributed by atoms with Crippen molar-refractivity contribution >= 4 is 0 Å². The van der Waals surface area contributed by atoms with Crippen molar-refractivity contribution < 1.29 is 20.3 Å². The van der Waals surface area contributed by atoms with Crippen molar-refractivity contribution in [3.05, 3.63) is 5.21 Å². The molecule has 1 aliphatic rings. The van der Waals surface area contributed by atoms with E-state index in [4.69, 9.17) is 10.4 Å². The number of quaternary nitrogens is 2. The van der Waals surface area contributed by atoms with Crippen LogP contribution < -0.4 is 5.06 Å². The van der Waals surface area contributed by atoms with Gasteiger partial charge < -0.3 is 10.3 Å². The van der Waals surface area contributed by atoms with Gasteiger partial charge in [-0.05, 0) is 4.81 Å². The van der Waals surface area contributed by atoms with Gasteiger partial charge >= 0.3 is 0 Å². The lowest BCUT2D eigenvalue weighted by atomic mass is 10.1. The first kappa shape index (κ1) is 8.89. The Morgan fingerprint density at radius 1 is 1.36 bits per heavy atom. The molecule has 0 radical (unpaired) electrons.